The van der Waals surface area contributed by atoms with Crippen molar-refractivity contribution in [3.05, 3.63) is 77.7 Å². The maximum absolute atomic E-state index is 13.5. The van der Waals surface area contributed by atoms with Crippen LogP contribution in [0.2, 0.25) is 0 Å². The fraction of sp³-hybridized carbons (Fsp3) is 0.280. The Kier molecular flexibility index (Phi) is 6.44. The van der Waals surface area contributed by atoms with E-state index >= 15 is 0 Å². The van der Waals surface area contributed by atoms with E-state index in [1.54, 1.807) is 11.0 Å². The molecule has 0 unspecified atom stereocenters. The highest BCUT2D eigenvalue weighted by Gasteiger charge is 2.23. The molecule has 1 amide bonds. The number of carbonyl (C=O) groups is 1. The minimum Gasteiger partial charge on any atom is -0.489 e. The number of aryl methyl sites for hydroxylation is 2. The minimum atomic E-state index is -0.0883. The van der Waals surface area contributed by atoms with Crippen molar-refractivity contribution in [1.82, 2.24) is 5.16 Å². The zero-order chi connectivity index (χ0) is 22.5. The summed E-state index contributed by atoms with van der Waals surface area (Å²) in [6, 6.07) is 13.2. The monoisotopic (exact) mass is 434 g/mol. The van der Waals surface area contributed by atoms with Crippen LogP contribution in [0, 0.1) is 13.8 Å². The van der Waals surface area contributed by atoms with E-state index in [1.807, 2.05) is 56.3 Å². The Morgan fingerprint density at radius 3 is 2.69 bits per heavy atom. The van der Waals surface area contributed by atoms with Gasteiger partial charge in [0.25, 0.3) is 0 Å². The van der Waals surface area contributed by atoms with Crippen LogP contribution < -0.4 is 19.1 Å². The van der Waals surface area contributed by atoms with E-state index in [0.717, 1.165) is 11.1 Å². The maximum Gasteiger partial charge on any atom is 0.231 e. The first kappa shape index (κ1) is 21.5. The van der Waals surface area contributed by atoms with Crippen LogP contribution in [0.3, 0.4) is 0 Å². The quantitative estimate of drug-likeness (QED) is 0.489. The van der Waals surface area contributed by atoms with Gasteiger partial charge in [-0.2, -0.15) is 0 Å². The molecule has 0 atom stereocenters. The van der Waals surface area contributed by atoms with Crippen LogP contribution in [0.5, 0.6) is 17.2 Å². The van der Waals surface area contributed by atoms with Gasteiger partial charge in [-0.05, 0) is 32.0 Å². The lowest BCUT2D eigenvalue weighted by Crippen LogP contribution is -2.32. The van der Waals surface area contributed by atoms with Gasteiger partial charge in [0.2, 0.25) is 5.91 Å². The standard InChI is InChI=1S/C25H26N2O5/c1-4-11-29-22-8-6-5-7-19(22)16-27(25(28)15-21-17(2)26-32-18(21)3)20-9-10-23-24(14-20)31-13-12-30-23/h4-10,14H,1,11-13,15-16H2,2-3H3. The second kappa shape index (κ2) is 9.60. The molecule has 3 aromatic rings. The van der Waals surface area contributed by atoms with Crippen LogP contribution in [0.1, 0.15) is 22.6 Å². The summed E-state index contributed by atoms with van der Waals surface area (Å²) in [5, 5.41) is 3.98. The van der Waals surface area contributed by atoms with E-state index in [9.17, 15) is 4.79 Å². The second-order valence-corrected chi connectivity index (χ2v) is 7.49. The van der Waals surface area contributed by atoms with Crippen molar-refractivity contribution in [3.63, 3.8) is 0 Å². The van der Waals surface area contributed by atoms with Gasteiger partial charge in [0, 0.05) is 22.9 Å². The van der Waals surface area contributed by atoms with E-state index in [2.05, 4.69) is 11.7 Å². The number of amides is 1. The molecule has 1 aromatic heterocycles. The molecular formula is C25H26N2O5. The van der Waals surface area contributed by atoms with E-state index in [4.69, 9.17) is 18.7 Å². The Balaban J connectivity index is 1.68. The van der Waals surface area contributed by atoms with Crippen molar-refractivity contribution in [2.45, 2.75) is 26.8 Å². The van der Waals surface area contributed by atoms with Crippen molar-refractivity contribution < 1.29 is 23.5 Å². The number of carbonyl (C=O) groups excluding carboxylic acids is 1. The highest BCUT2D eigenvalue weighted by molar-refractivity contribution is 5.95. The number of nitrogens with zero attached hydrogens (tertiary/aromatic N) is 2. The lowest BCUT2D eigenvalue weighted by molar-refractivity contribution is -0.118. The summed E-state index contributed by atoms with van der Waals surface area (Å²) >= 11 is 0. The van der Waals surface area contributed by atoms with Gasteiger partial charge in [0.05, 0.1) is 18.7 Å². The highest BCUT2D eigenvalue weighted by Crippen LogP contribution is 2.35. The zero-order valence-corrected chi connectivity index (χ0v) is 18.3. The van der Waals surface area contributed by atoms with E-state index in [-0.39, 0.29) is 12.3 Å². The number of para-hydroxylation sites is 1. The second-order valence-electron chi connectivity index (χ2n) is 7.49. The molecule has 0 fully saturated rings. The third-order valence-corrected chi connectivity index (χ3v) is 5.31. The van der Waals surface area contributed by atoms with Crippen molar-refractivity contribution in [3.8, 4) is 17.2 Å². The number of ether oxygens (including phenoxy) is 3. The molecule has 7 nitrogen and oxygen atoms in total. The average molecular weight is 434 g/mol. The van der Waals surface area contributed by atoms with Gasteiger partial charge in [-0.15, -0.1) is 0 Å². The van der Waals surface area contributed by atoms with Crippen LogP contribution in [0.25, 0.3) is 0 Å². The van der Waals surface area contributed by atoms with Crippen LogP contribution >= 0.6 is 0 Å². The molecule has 0 bridgehead atoms. The summed E-state index contributed by atoms with van der Waals surface area (Å²) in [6.45, 7) is 9.06. The Bertz CT molecular complexity index is 1100. The molecule has 4 rings (SSSR count). The molecule has 2 aromatic carbocycles. The van der Waals surface area contributed by atoms with Crippen LogP contribution in [-0.4, -0.2) is 30.9 Å². The molecule has 0 aliphatic carbocycles. The number of rotatable bonds is 8. The predicted molar refractivity (Wildman–Crippen MR) is 120 cm³/mol. The smallest absolute Gasteiger partial charge is 0.231 e. The molecule has 166 valence electrons. The summed E-state index contributed by atoms with van der Waals surface area (Å²) in [5.41, 5.74) is 3.11. The van der Waals surface area contributed by atoms with Crippen LogP contribution in [0.15, 0.2) is 59.6 Å². The highest BCUT2D eigenvalue weighted by atomic mass is 16.6. The molecular weight excluding hydrogens is 408 g/mol. The van der Waals surface area contributed by atoms with Gasteiger partial charge in [-0.3, -0.25) is 4.79 Å². The van der Waals surface area contributed by atoms with Gasteiger partial charge < -0.3 is 23.6 Å². The zero-order valence-electron chi connectivity index (χ0n) is 18.3. The Morgan fingerprint density at radius 1 is 1.16 bits per heavy atom. The first-order valence-corrected chi connectivity index (χ1v) is 10.5. The van der Waals surface area contributed by atoms with Gasteiger partial charge in [-0.1, -0.05) is 36.0 Å². The summed E-state index contributed by atoms with van der Waals surface area (Å²) < 4.78 is 22.4. The number of benzene rings is 2. The lowest BCUT2D eigenvalue weighted by Gasteiger charge is -2.26. The first-order valence-electron chi connectivity index (χ1n) is 10.5. The Labute approximate surface area is 187 Å². The topological polar surface area (TPSA) is 74.0 Å². The van der Waals surface area contributed by atoms with Crippen molar-refractivity contribution in [2.75, 3.05) is 24.7 Å². The Morgan fingerprint density at radius 2 is 1.94 bits per heavy atom. The maximum atomic E-state index is 13.5. The molecule has 0 saturated carbocycles. The molecule has 0 spiro atoms. The Hall–Kier alpha value is -3.74. The molecule has 0 radical (unpaired) electrons. The number of fused-ring (bicyclic) bond motifs is 1. The molecule has 1 aliphatic heterocycles. The van der Waals surface area contributed by atoms with Crippen molar-refractivity contribution in [2.24, 2.45) is 0 Å². The van der Waals surface area contributed by atoms with E-state index < -0.39 is 0 Å². The summed E-state index contributed by atoms with van der Waals surface area (Å²) in [4.78, 5) is 15.3. The third-order valence-electron chi connectivity index (χ3n) is 5.31. The predicted octanol–water partition coefficient (Wildman–Crippen LogP) is 4.40. The number of aromatic nitrogens is 1. The SMILES string of the molecule is C=CCOc1ccccc1CN(C(=O)Cc1c(C)noc1C)c1ccc2c(c1)OCCO2. The van der Waals surface area contributed by atoms with Crippen molar-refractivity contribution >= 4 is 11.6 Å². The molecule has 2 heterocycles. The average Bonchev–Trinajstić information content (AvgIpc) is 3.13. The number of hydrogen-bond acceptors (Lipinski definition) is 6. The summed E-state index contributed by atoms with van der Waals surface area (Å²) in [6.07, 6.45) is 1.86. The number of hydrogen-bond donors (Lipinski definition) is 0. The van der Waals surface area contributed by atoms with Gasteiger partial charge in [0.15, 0.2) is 11.5 Å². The van der Waals surface area contributed by atoms with Gasteiger partial charge in [0.1, 0.15) is 31.3 Å². The minimum absolute atomic E-state index is 0.0883. The molecule has 32 heavy (non-hydrogen) atoms. The number of anilines is 1. The molecule has 7 heteroatoms. The lowest BCUT2D eigenvalue weighted by atomic mass is 10.1. The summed E-state index contributed by atoms with van der Waals surface area (Å²) in [7, 11) is 0. The van der Waals surface area contributed by atoms with E-state index in [1.165, 1.54) is 0 Å². The summed E-state index contributed by atoms with van der Waals surface area (Å²) in [5.74, 6) is 2.57. The normalized spacial score (nSPS) is 12.3. The largest absolute Gasteiger partial charge is 0.489 e. The molecule has 0 N–H and O–H groups in total. The van der Waals surface area contributed by atoms with Crippen LogP contribution in [0.4, 0.5) is 5.69 Å². The fourth-order valence-corrected chi connectivity index (χ4v) is 3.62. The van der Waals surface area contributed by atoms with Crippen LogP contribution in [-0.2, 0) is 17.8 Å². The third kappa shape index (κ3) is 4.61. The van der Waals surface area contributed by atoms with E-state index in [0.29, 0.717) is 60.8 Å². The van der Waals surface area contributed by atoms with Gasteiger partial charge in [-0.25, -0.2) is 0 Å². The molecule has 0 saturated heterocycles. The fourth-order valence-electron chi connectivity index (χ4n) is 3.62. The van der Waals surface area contributed by atoms with Gasteiger partial charge >= 0.3 is 0 Å². The van der Waals surface area contributed by atoms with Crippen molar-refractivity contribution in [1.29, 1.82) is 0 Å². The molecule has 1 aliphatic rings. The first-order chi connectivity index (χ1) is 15.6.